The third-order valence-electron chi connectivity index (χ3n) is 4.15. The predicted molar refractivity (Wildman–Crippen MR) is 98.8 cm³/mol. The van der Waals surface area contributed by atoms with Crippen LogP contribution in [0.4, 0.5) is 8.78 Å². The average Bonchev–Trinajstić information content (AvgIpc) is 2.64. The van der Waals surface area contributed by atoms with Gasteiger partial charge < -0.3 is 16.4 Å². The first-order chi connectivity index (χ1) is 12.8. The van der Waals surface area contributed by atoms with Crippen molar-refractivity contribution in [2.45, 2.75) is 25.9 Å². The summed E-state index contributed by atoms with van der Waals surface area (Å²) in [6.45, 7) is 3.61. The Balaban J connectivity index is 2.04. The van der Waals surface area contributed by atoms with Crippen LogP contribution in [0.1, 0.15) is 35.8 Å². The van der Waals surface area contributed by atoms with E-state index in [0.717, 1.165) is 17.7 Å². The molecule has 0 aliphatic heterocycles. The van der Waals surface area contributed by atoms with Gasteiger partial charge in [0.05, 0.1) is 0 Å². The van der Waals surface area contributed by atoms with Crippen molar-refractivity contribution >= 4 is 11.8 Å². The van der Waals surface area contributed by atoms with Crippen LogP contribution >= 0.6 is 0 Å². The lowest BCUT2D eigenvalue weighted by atomic mass is 10.0. The number of halogens is 2. The topological polar surface area (TPSA) is 84.2 Å². The van der Waals surface area contributed by atoms with E-state index in [9.17, 15) is 18.4 Å². The molecule has 2 atom stereocenters. The molecule has 27 heavy (non-hydrogen) atoms. The average molecular weight is 375 g/mol. The summed E-state index contributed by atoms with van der Waals surface area (Å²) in [5, 5.41) is 5.09. The maximum atomic E-state index is 13.8. The molecular formula is C20H23F2N3O2. The van der Waals surface area contributed by atoms with Gasteiger partial charge in [-0.2, -0.15) is 0 Å². The van der Waals surface area contributed by atoms with Gasteiger partial charge in [-0.05, 0) is 23.6 Å². The zero-order valence-electron chi connectivity index (χ0n) is 15.2. The van der Waals surface area contributed by atoms with Crippen LogP contribution in [0, 0.1) is 17.6 Å². The number of carbonyl (C=O) groups excluding carboxylic acids is 2. The van der Waals surface area contributed by atoms with Crippen molar-refractivity contribution in [3.8, 4) is 0 Å². The quantitative estimate of drug-likeness (QED) is 0.695. The molecule has 2 amide bonds. The fraction of sp³-hybridized carbons (Fsp3) is 0.300. The van der Waals surface area contributed by atoms with E-state index in [1.807, 2.05) is 30.3 Å². The second-order valence-electron chi connectivity index (χ2n) is 6.55. The number of hydrogen-bond acceptors (Lipinski definition) is 3. The first-order valence-electron chi connectivity index (χ1n) is 8.64. The van der Waals surface area contributed by atoms with Crippen LogP contribution in [0.2, 0.25) is 0 Å². The molecule has 0 aliphatic rings. The summed E-state index contributed by atoms with van der Waals surface area (Å²) < 4.78 is 27.6. The SMILES string of the molecule is CC(C)C(NC(=O)c1c(F)cccc1F)C(=O)NCC(N)c1ccccc1. The number of nitrogens with one attached hydrogen (secondary N) is 2. The molecule has 2 aromatic rings. The zero-order valence-corrected chi connectivity index (χ0v) is 15.2. The first-order valence-corrected chi connectivity index (χ1v) is 8.64. The summed E-state index contributed by atoms with van der Waals surface area (Å²) in [4.78, 5) is 24.8. The van der Waals surface area contributed by atoms with E-state index in [1.54, 1.807) is 13.8 Å². The highest BCUT2D eigenvalue weighted by atomic mass is 19.1. The van der Waals surface area contributed by atoms with E-state index < -0.39 is 41.1 Å². The summed E-state index contributed by atoms with van der Waals surface area (Å²) in [6.07, 6.45) is 0. The summed E-state index contributed by atoms with van der Waals surface area (Å²) in [6, 6.07) is 11.0. The highest BCUT2D eigenvalue weighted by Crippen LogP contribution is 2.13. The van der Waals surface area contributed by atoms with E-state index >= 15 is 0 Å². The minimum Gasteiger partial charge on any atom is -0.352 e. The molecule has 0 aromatic heterocycles. The second kappa shape index (κ2) is 9.23. The number of hydrogen-bond donors (Lipinski definition) is 3. The second-order valence-corrected chi connectivity index (χ2v) is 6.55. The fourth-order valence-corrected chi connectivity index (χ4v) is 2.60. The van der Waals surface area contributed by atoms with Crippen LogP contribution in [-0.4, -0.2) is 24.4 Å². The van der Waals surface area contributed by atoms with Gasteiger partial charge in [-0.15, -0.1) is 0 Å². The molecule has 4 N–H and O–H groups in total. The van der Waals surface area contributed by atoms with Crippen molar-refractivity contribution in [2.24, 2.45) is 11.7 Å². The molecule has 2 unspecified atom stereocenters. The van der Waals surface area contributed by atoms with Gasteiger partial charge in [0.15, 0.2) is 0 Å². The van der Waals surface area contributed by atoms with Crippen molar-refractivity contribution in [1.29, 1.82) is 0 Å². The normalized spacial score (nSPS) is 13.1. The Morgan fingerprint density at radius 1 is 1.00 bits per heavy atom. The van der Waals surface area contributed by atoms with E-state index in [2.05, 4.69) is 10.6 Å². The maximum Gasteiger partial charge on any atom is 0.257 e. The highest BCUT2D eigenvalue weighted by Gasteiger charge is 2.27. The number of benzene rings is 2. The number of rotatable bonds is 7. The third-order valence-corrected chi connectivity index (χ3v) is 4.15. The van der Waals surface area contributed by atoms with E-state index in [-0.39, 0.29) is 12.5 Å². The van der Waals surface area contributed by atoms with Gasteiger partial charge in [0.1, 0.15) is 23.2 Å². The van der Waals surface area contributed by atoms with Gasteiger partial charge >= 0.3 is 0 Å². The molecule has 7 heteroatoms. The minimum absolute atomic E-state index is 0.163. The molecule has 0 aliphatic carbocycles. The molecule has 0 heterocycles. The number of amides is 2. The standard InChI is InChI=1S/C20H23F2N3O2/c1-12(2)18(25-19(26)17-14(21)9-6-10-15(17)22)20(27)24-11-16(23)13-7-4-3-5-8-13/h3-10,12,16,18H,11,23H2,1-2H3,(H,24,27)(H,25,26). The molecule has 144 valence electrons. The fourth-order valence-electron chi connectivity index (χ4n) is 2.60. The van der Waals surface area contributed by atoms with Crippen LogP contribution < -0.4 is 16.4 Å². The van der Waals surface area contributed by atoms with Crippen molar-refractivity contribution in [3.05, 3.63) is 71.3 Å². The highest BCUT2D eigenvalue weighted by molar-refractivity contribution is 5.98. The van der Waals surface area contributed by atoms with Crippen LogP contribution in [0.3, 0.4) is 0 Å². The van der Waals surface area contributed by atoms with Gasteiger partial charge in [0.25, 0.3) is 5.91 Å². The van der Waals surface area contributed by atoms with Crippen molar-refractivity contribution < 1.29 is 18.4 Å². The third kappa shape index (κ3) is 5.34. The van der Waals surface area contributed by atoms with Crippen molar-refractivity contribution in [3.63, 3.8) is 0 Å². The molecule has 2 rings (SSSR count). The molecule has 0 spiro atoms. The minimum atomic E-state index is -0.985. The lowest BCUT2D eigenvalue weighted by molar-refractivity contribution is -0.124. The summed E-state index contributed by atoms with van der Waals surface area (Å²) in [7, 11) is 0. The molecule has 0 saturated carbocycles. The first kappa shape index (κ1) is 20.5. The number of nitrogens with two attached hydrogens (primary N) is 1. The van der Waals surface area contributed by atoms with Gasteiger partial charge in [-0.3, -0.25) is 9.59 Å². The van der Waals surface area contributed by atoms with E-state index in [0.29, 0.717) is 0 Å². The Morgan fingerprint density at radius 2 is 1.59 bits per heavy atom. The van der Waals surface area contributed by atoms with E-state index in [1.165, 1.54) is 6.07 Å². The van der Waals surface area contributed by atoms with Gasteiger partial charge in [0, 0.05) is 12.6 Å². The monoisotopic (exact) mass is 375 g/mol. The molecule has 2 aromatic carbocycles. The molecule has 0 radical (unpaired) electrons. The Labute approximate surface area is 157 Å². The molecule has 0 saturated heterocycles. The largest absolute Gasteiger partial charge is 0.352 e. The van der Waals surface area contributed by atoms with Crippen LogP contribution in [0.5, 0.6) is 0 Å². The molecule has 0 fully saturated rings. The smallest absolute Gasteiger partial charge is 0.257 e. The zero-order chi connectivity index (χ0) is 20.0. The Bertz CT molecular complexity index is 777. The Kier molecular flexibility index (Phi) is 7.01. The van der Waals surface area contributed by atoms with Crippen molar-refractivity contribution in [1.82, 2.24) is 10.6 Å². The van der Waals surface area contributed by atoms with Crippen LogP contribution in [-0.2, 0) is 4.79 Å². The van der Waals surface area contributed by atoms with Gasteiger partial charge in [-0.25, -0.2) is 8.78 Å². The lowest BCUT2D eigenvalue weighted by Crippen LogP contribution is -2.51. The molecule has 5 nitrogen and oxygen atoms in total. The molecular weight excluding hydrogens is 352 g/mol. The van der Waals surface area contributed by atoms with Crippen molar-refractivity contribution in [2.75, 3.05) is 6.54 Å². The Morgan fingerprint density at radius 3 is 2.15 bits per heavy atom. The Hall–Kier alpha value is -2.80. The summed E-state index contributed by atoms with van der Waals surface area (Å²) in [5.41, 5.74) is 6.20. The molecule has 0 bridgehead atoms. The summed E-state index contributed by atoms with van der Waals surface area (Å²) >= 11 is 0. The lowest BCUT2D eigenvalue weighted by Gasteiger charge is -2.23. The maximum absolute atomic E-state index is 13.8. The predicted octanol–water partition coefficient (Wildman–Crippen LogP) is 2.54. The number of carbonyl (C=O) groups is 2. The van der Waals surface area contributed by atoms with Gasteiger partial charge in [-0.1, -0.05) is 50.2 Å². The van der Waals surface area contributed by atoms with E-state index in [4.69, 9.17) is 5.73 Å². The van der Waals surface area contributed by atoms with Crippen LogP contribution in [0.25, 0.3) is 0 Å². The van der Waals surface area contributed by atoms with Crippen LogP contribution in [0.15, 0.2) is 48.5 Å². The summed E-state index contributed by atoms with van der Waals surface area (Å²) in [5.74, 6) is -3.71. The van der Waals surface area contributed by atoms with Gasteiger partial charge in [0.2, 0.25) is 5.91 Å².